The molecule has 94 valence electrons. The molecule has 0 fully saturated rings. The Morgan fingerprint density at radius 2 is 2.17 bits per heavy atom. The molecule has 0 atom stereocenters. The summed E-state index contributed by atoms with van der Waals surface area (Å²) >= 11 is 1.37. The molecule has 0 aliphatic heterocycles. The predicted octanol–water partition coefficient (Wildman–Crippen LogP) is 2.95. The quantitative estimate of drug-likeness (QED) is 0.920. The predicted molar refractivity (Wildman–Crippen MR) is 66.9 cm³/mol. The van der Waals surface area contributed by atoms with Gasteiger partial charge in [-0.3, -0.25) is 0 Å². The average Bonchev–Trinajstić information content (AvgIpc) is 2.75. The van der Waals surface area contributed by atoms with E-state index >= 15 is 0 Å². The third kappa shape index (κ3) is 2.60. The van der Waals surface area contributed by atoms with E-state index in [4.69, 9.17) is 14.6 Å². The molecule has 1 aromatic carbocycles. The molecular weight excluding hydrogens is 254 g/mol. The molecule has 0 aliphatic rings. The number of carbonyl (C=O) groups is 1. The summed E-state index contributed by atoms with van der Waals surface area (Å²) in [5.41, 5.74) is 1.02. The monoisotopic (exact) mass is 265 g/mol. The van der Waals surface area contributed by atoms with Crippen LogP contribution in [0.2, 0.25) is 0 Å². The van der Waals surface area contributed by atoms with E-state index in [0.29, 0.717) is 16.7 Å². The van der Waals surface area contributed by atoms with Crippen LogP contribution in [0.15, 0.2) is 23.6 Å². The Hall–Kier alpha value is -2.08. The molecular formula is C12H11NO4S. The highest BCUT2D eigenvalue weighted by molar-refractivity contribution is 7.11. The second kappa shape index (κ2) is 5.05. The van der Waals surface area contributed by atoms with Crippen molar-refractivity contribution in [2.75, 3.05) is 7.11 Å². The maximum atomic E-state index is 10.8. The first-order valence-electron chi connectivity index (χ1n) is 5.11. The molecule has 2 rings (SSSR count). The number of ether oxygens (including phenoxy) is 2. The summed E-state index contributed by atoms with van der Waals surface area (Å²) in [5.74, 6) is -0.204. The van der Waals surface area contributed by atoms with Crippen LogP contribution in [-0.4, -0.2) is 23.2 Å². The van der Waals surface area contributed by atoms with Crippen molar-refractivity contribution >= 4 is 17.3 Å². The van der Waals surface area contributed by atoms with Crippen molar-refractivity contribution in [1.82, 2.24) is 4.98 Å². The molecule has 0 saturated carbocycles. The van der Waals surface area contributed by atoms with Gasteiger partial charge in [-0.1, -0.05) is 11.3 Å². The number of methoxy groups -OCH3 is 1. The van der Waals surface area contributed by atoms with Gasteiger partial charge in [0.05, 0.1) is 18.4 Å². The molecule has 1 aromatic heterocycles. The third-order valence-corrected chi connectivity index (χ3v) is 3.04. The lowest BCUT2D eigenvalue weighted by molar-refractivity contribution is 0.0696. The summed E-state index contributed by atoms with van der Waals surface area (Å²) in [6.45, 7) is 1.87. The molecule has 5 nitrogen and oxygen atoms in total. The fourth-order valence-corrected chi connectivity index (χ4v) is 2.02. The first-order chi connectivity index (χ1) is 8.60. The standard InChI is InChI=1S/C12H11NO4S/c1-7-6-18-12(13-7)17-9-4-3-8(11(14)15)5-10(9)16-2/h3-6H,1-2H3,(H,14,15). The summed E-state index contributed by atoms with van der Waals surface area (Å²) in [5, 5.41) is 11.2. The van der Waals surface area contributed by atoms with Crippen molar-refractivity contribution in [3.63, 3.8) is 0 Å². The SMILES string of the molecule is COc1cc(C(=O)O)ccc1Oc1nc(C)cs1. The highest BCUT2D eigenvalue weighted by Crippen LogP contribution is 2.33. The maximum absolute atomic E-state index is 10.8. The first kappa shape index (κ1) is 12.4. The topological polar surface area (TPSA) is 68.7 Å². The molecule has 1 N–H and O–H groups in total. The van der Waals surface area contributed by atoms with Crippen molar-refractivity contribution < 1.29 is 19.4 Å². The van der Waals surface area contributed by atoms with Crippen molar-refractivity contribution in [2.45, 2.75) is 6.92 Å². The minimum atomic E-state index is -1.01. The Bertz CT molecular complexity index is 579. The molecule has 0 spiro atoms. The molecule has 0 amide bonds. The van der Waals surface area contributed by atoms with Gasteiger partial charge in [-0.05, 0) is 25.1 Å². The van der Waals surface area contributed by atoms with Gasteiger partial charge in [0.1, 0.15) is 0 Å². The third-order valence-electron chi connectivity index (χ3n) is 2.21. The zero-order chi connectivity index (χ0) is 13.1. The van der Waals surface area contributed by atoms with Crippen molar-refractivity contribution in [3.05, 3.63) is 34.8 Å². The van der Waals surface area contributed by atoms with Crippen molar-refractivity contribution in [2.24, 2.45) is 0 Å². The van der Waals surface area contributed by atoms with Crippen molar-refractivity contribution in [1.29, 1.82) is 0 Å². The van der Waals surface area contributed by atoms with Gasteiger partial charge in [0.2, 0.25) is 0 Å². The summed E-state index contributed by atoms with van der Waals surface area (Å²) in [6, 6.07) is 4.43. The second-order valence-electron chi connectivity index (χ2n) is 3.53. The van der Waals surface area contributed by atoms with Gasteiger partial charge in [0.25, 0.3) is 5.19 Å². The van der Waals surface area contributed by atoms with Gasteiger partial charge < -0.3 is 14.6 Å². The number of aryl methyl sites for hydroxylation is 1. The van der Waals surface area contributed by atoms with Crippen LogP contribution in [0, 0.1) is 6.92 Å². The lowest BCUT2D eigenvalue weighted by Crippen LogP contribution is -1.98. The highest BCUT2D eigenvalue weighted by atomic mass is 32.1. The van der Waals surface area contributed by atoms with E-state index in [1.165, 1.54) is 30.6 Å². The Kier molecular flexibility index (Phi) is 3.47. The molecule has 0 unspecified atom stereocenters. The molecule has 0 saturated heterocycles. The van der Waals surface area contributed by atoms with E-state index in [0.717, 1.165) is 5.69 Å². The smallest absolute Gasteiger partial charge is 0.335 e. The van der Waals surface area contributed by atoms with E-state index in [1.807, 2.05) is 12.3 Å². The Labute approximate surface area is 108 Å². The molecule has 0 bridgehead atoms. The van der Waals surface area contributed by atoms with Crippen LogP contribution in [0.3, 0.4) is 0 Å². The van der Waals surface area contributed by atoms with E-state index in [9.17, 15) is 4.79 Å². The zero-order valence-electron chi connectivity index (χ0n) is 9.84. The second-order valence-corrected chi connectivity index (χ2v) is 4.35. The van der Waals surface area contributed by atoms with Gasteiger partial charge in [0.15, 0.2) is 11.5 Å². The number of carboxylic acid groups (broad SMARTS) is 1. The van der Waals surface area contributed by atoms with E-state index in [2.05, 4.69) is 4.98 Å². The highest BCUT2D eigenvalue weighted by Gasteiger charge is 2.11. The van der Waals surface area contributed by atoms with E-state index in [1.54, 1.807) is 6.07 Å². The van der Waals surface area contributed by atoms with Crippen LogP contribution in [-0.2, 0) is 0 Å². The summed E-state index contributed by atoms with van der Waals surface area (Å²) in [7, 11) is 1.46. The Morgan fingerprint density at radius 1 is 1.39 bits per heavy atom. The minimum absolute atomic E-state index is 0.148. The van der Waals surface area contributed by atoms with Gasteiger partial charge in [0, 0.05) is 5.38 Å². The summed E-state index contributed by atoms with van der Waals surface area (Å²) < 4.78 is 10.6. The normalized spacial score (nSPS) is 10.1. The lowest BCUT2D eigenvalue weighted by Gasteiger charge is -2.08. The molecule has 0 aliphatic carbocycles. The van der Waals surface area contributed by atoms with E-state index in [-0.39, 0.29) is 5.56 Å². The number of thiazole rings is 1. The van der Waals surface area contributed by atoms with E-state index < -0.39 is 5.97 Å². The molecule has 2 aromatic rings. The number of hydrogen-bond acceptors (Lipinski definition) is 5. The van der Waals surface area contributed by atoms with Crippen molar-refractivity contribution in [3.8, 4) is 16.7 Å². The molecule has 1 heterocycles. The number of benzene rings is 1. The number of aromatic nitrogens is 1. The van der Waals surface area contributed by atoms with Crippen LogP contribution >= 0.6 is 11.3 Å². The zero-order valence-corrected chi connectivity index (χ0v) is 10.7. The molecule has 6 heteroatoms. The largest absolute Gasteiger partial charge is 0.493 e. The summed E-state index contributed by atoms with van der Waals surface area (Å²) in [4.78, 5) is 15.0. The van der Waals surface area contributed by atoms with Crippen LogP contribution in [0.25, 0.3) is 0 Å². The van der Waals surface area contributed by atoms with Gasteiger partial charge in [-0.15, -0.1) is 0 Å². The minimum Gasteiger partial charge on any atom is -0.493 e. The fraction of sp³-hybridized carbons (Fsp3) is 0.167. The van der Waals surface area contributed by atoms with Gasteiger partial charge in [-0.25, -0.2) is 9.78 Å². The van der Waals surface area contributed by atoms with Crippen LogP contribution < -0.4 is 9.47 Å². The number of aromatic carboxylic acids is 1. The molecule has 18 heavy (non-hydrogen) atoms. The number of rotatable bonds is 4. The average molecular weight is 265 g/mol. The lowest BCUT2D eigenvalue weighted by atomic mass is 10.2. The number of hydrogen-bond donors (Lipinski definition) is 1. The van der Waals surface area contributed by atoms with Gasteiger partial charge in [-0.2, -0.15) is 0 Å². The molecule has 0 radical (unpaired) electrons. The number of nitrogens with zero attached hydrogens (tertiary/aromatic N) is 1. The van der Waals surface area contributed by atoms with Crippen LogP contribution in [0.1, 0.15) is 16.1 Å². The first-order valence-corrected chi connectivity index (χ1v) is 5.99. The summed E-state index contributed by atoms with van der Waals surface area (Å²) in [6.07, 6.45) is 0. The van der Waals surface area contributed by atoms with Crippen LogP contribution in [0.4, 0.5) is 0 Å². The number of carboxylic acids is 1. The Balaban J connectivity index is 2.30. The maximum Gasteiger partial charge on any atom is 0.335 e. The van der Waals surface area contributed by atoms with Crippen LogP contribution in [0.5, 0.6) is 16.7 Å². The fourth-order valence-electron chi connectivity index (χ4n) is 1.36. The Morgan fingerprint density at radius 3 is 2.72 bits per heavy atom. The van der Waals surface area contributed by atoms with Gasteiger partial charge >= 0.3 is 5.97 Å².